The lowest BCUT2D eigenvalue weighted by Crippen LogP contribution is -2.41. The van der Waals surface area contributed by atoms with Crippen LogP contribution >= 0.6 is 11.3 Å². The number of hydrogen-bond acceptors (Lipinski definition) is 8. The van der Waals surface area contributed by atoms with Gasteiger partial charge in [-0.2, -0.15) is 0 Å². The van der Waals surface area contributed by atoms with Gasteiger partial charge in [-0.3, -0.25) is 9.59 Å². The van der Waals surface area contributed by atoms with E-state index in [2.05, 4.69) is 25.6 Å². The predicted molar refractivity (Wildman–Crippen MR) is 137 cm³/mol. The van der Waals surface area contributed by atoms with Crippen molar-refractivity contribution in [2.75, 3.05) is 6.54 Å². The first-order valence-electron chi connectivity index (χ1n) is 11.5. The van der Waals surface area contributed by atoms with Crippen molar-refractivity contribution in [2.45, 2.75) is 29.9 Å². The van der Waals surface area contributed by atoms with Crippen LogP contribution in [0.5, 0.6) is 0 Å². The van der Waals surface area contributed by atoms with E-state index in [-0.39, 0.29) is 23.5 Å². The standard InChI is InChI=1S/C25H22FN5O4S2/c26-18-4-1-15(2-5-18)13-37(34,35)23(24(33)29-12-22(32)30-19-6-7-19)25-31-20-8-3-16(9-21(20)36-25)17-10-27-14-28-11-17/h1-5,8-11,14,19,23H,6-7,12-13H2,(H,29,33)(H,30,32). The average molecular weight is 540 g/mol. The van der Waals surface area contributed by atoms with E-state index >= 15 is 0 Å². The molecule has 1 atom stereocenters. The zero-order valence-electron chi connectivity index (χ0n) is 19.4. The lowest BCUT2D eigenvalue weighted by atomic mass is 10.1. The fourth-order valence-electron chi connectivity index (χ4n) is 3.77. The van der Waals surface area contributed by atoms with Gasteiger partial charge in [0.1, 0.15) is 17.2 Å². The Morgan fingerprint density at radius 2 is 1.78 bits per heavy atom. The van der Waals surface area contributed by atoms with Crippen LogP contribution in [0.4, 0.5) is 4.39 Å². The molecule has 5 rings (SSSR count). The summed E-state index contributed by atoms with van der Waals surface area (Å²) in [6.07, 6.45) is 6.51. The summed E-state index contributed by atoms with van der Waals surface area (Å²) in [6, 6.07) is 10.5. The highest BCUT2D eigenvalue weighted by molar-refractivity contribution is 7.91. The third-order valence-corrected chi connectivity index (χ3v) is 8.89. The monoisotopic (exact) mass is 539 g/mol. The smallest absolute Gasteiger partial charge is 0.245 e. The van der Waals surface area contributed by atoms with Gasteiger partial charge in [-0.15, -0.1) is 11.3 Å². The molecule has 0 saturated heterocycles. The van der Waals surface area contributed by atoms with E-state index in [1.165, 1.54) is 18.5 Å². The summed E-state index contributed by atoms with van der Waals surface area (Å²) in [6.45, 7) is -0.346. The fourth-order valence-corrected chi connectivity index (χ4v) is 6.94. The summed E-state index contributed by atoms with van der Waals surface area (Å²) in [5, 5.41) is 3.65. The van der Waals surface area contributed by atoms with Crippen molar-refractivity contribution in [1.29, 1.82) is 0 Å². The Bertz CT molecular complexity index is 1560. The highest BCUT2D eigenvalue weighted by Crippen LogP contribution is 2.35. The molecule has 1 saturated carbocycles. The fraction of sp³-hybridized carbons (Fsp3) is 0.240. The van der Waals surface area contributed by atoms with Gasteiger partial charge in [-0.05, 0) is 48.2 Å². The molecule has 0 aliphatic heterocycles. The van der Waals surface area contributed by atoms with E-state index in [4.69, 9.17) is 0 Å². The summed E-state index contributed by atoms with van der Waals surface area (Å²) in [5.41, 5.74) is 2.45. The zero-order valence-corrected chi connectivity index (χ0v) is 21.1. The zero-order chi connectivity index (χ0) is 26.0. The predicted octanol–water partition coefficient (Wildman–Crippen LogP) is 2.94. The van der Waals surface area contributed by atoms with E-state index in [0.29, 0.717) is 15.8 Å². The maximum Gasteiger partial charge on any atom is 0.245 e. The van der Waals surface area contributed by atoms with Crippen molar-refractivity contribution in [1.82, 2.24) is 25.6 Å². The molecule has 2 aromatic carbocycles. The van der Waals surface area contributed by atoms with Crippen LogP contribution in [0, 0.1) is 5.82 Å². The molecular weight excluding hydrogens is 517 g/mol. The van der Waals surface area contributed by atoms with Crippen molar-refractivity contribution in [3.63, 3.8) is 0 Å². The van der Waals surface area contributed by atoms with Crippen molar-refractivity contribution >= 4 is 43.2 Å². The highest BCUT2D eigenvalue weighted by Gasteiger charge is 2.37. The van der Waals surface area contributed by atoms with Gasteiger partial charge >= 0.3 is 0 Å². The molecule has 1 aliphatic rings. The molecule has 1 aliphatic carbocycles. The first-order valence-corrected chi connectivity index (χ1v) is 14.0. The number of benzene rings is 2. The Kier molecular flexibility index (Phi) is 6.94. The number of carbonyl (C=O) groups excluding carboxylic acids is 2. The van der Waals surface area contributed by atoms with Gasteiger partial charge in [0, 0.05) is 24.0 Å². The number of fused-ring (bicyclic) bond motifs is 1. The number of nitrogens with zero attached hydrogens (tertiary/aromatic N) is 3. The van der Waals surface area contributed by atoms with Crippen LogP contribution in [0.15, 0.2) is 61.2 Å². The molecule has 9 nitrogen and oxygen atoms in total. The van der Waals surface area contributed by atoms with Gasteiger partial charge in [0.15, 0.2) is 15.1 Å². The molecule has 190 valence electrons. The molecule has 12 heteroatoms. The molecule has 2 amide bonds. The van der Waals surface area contributed by atoms with Crippen molar-refractivity contribution in [2.24, 2.45) is 0 Å². The SMILES string of the molecule is O=C(CNC(=O)C(c1nc2ccc(-c3cncnc3)cc2s1)S(=O)(=O)Cc1ccc(F)cc1)NC1CC1. The summed E-state index contributed by atoms with van der Waals surface area (Å²) in [4.78, 5) is 37.8. The van der Waals surface area contributed by atoms with Crippen molar-refractivity contribution in [3.05, 3.63) is 77.6 Å². The largest absolute Gasteiger partial charge is 0.352 e. The van der Waals surface area contributed by atoms with E-state index in [1.54, 1.807) is 18.5 Å². The second-order valence-electron chi connectivity index (χ2n) is 8.74. The normalized spacial score (nSPS) is 14.3. The number of nitrogens with one attached hydrogen (secondary N) is 2. The van der Waals surface area contributed by atoms with Crippen LogP contribution in [0.1, 0.15) is 28.7 Å². The number of halogens is 1. The van der Waals surface area contributed by atoms with Crippen LogP contribution in [-0.2, 0) is 25.2 Å². The van der Waals surface area contributed by atoms with E-state index in [9.17, 15) is 22.4 Å². The molecule has 0 bridgehead atoms. The number of sulfone groups is 1. The molecule has 1 fully saturated rings. The molecule has 2 heterocycles. The van der Waals surface area contributed by atoms with Gasteiger partial charge in [-0.1, -0.05) is 18.2 Å². The second-order valence-corrected chi connectivity index (χ2v) is 11.9. The molecule has 2 N–H and O–H groups in total. The van der Waals surface area contributed by atoms with Gasteiger partial charge in [0.2, 0.25) is 11.8 Å². The van der Waals surface area contributed by atoms with E-state index < -0.39 is 32.6 Å². The Balaban J connectivity index is 1.46. The lowest BCUT2D eigenvalue weighted by Gasteiger charge is -2.16. The van der Waals surface area contributed by atoms with Gasteiger partial charge in [0.25, 0.3) is 0 Å². The van der Waals surface area contributed by atoms with Crippen LogP contribution in [0.2, 0.25) is 0 Å². The number of rotatable bonds is 9. The Morgan fingerprint density at radius 3 is 2.49 bits per heavy atom. The summed E-state index contributed by atoms with van der Waals surface area (Å²) < 4.78 is 41.1. The number of hydrogen-bond donors (Lipinski definition) is 2. The first kappa shape index (κ1) is 24.9. The molecule has 1 unspecified atom stereocenters. The lowest BCUT2D eigenvalue weighted by molar-refractivity contribution is -0.126. The first-order chi connectivity index (χ1) is 17.8. The van der Waals surface area contributed by atoms with Crippen LogP contribution in [0.3, 0.4) is 0 Å². The molecule has 2 aromatic heterocycles. The van der Waals surface area contributed by atoms with Crippen LogP contribution < -0.4 is 10.6 Å². The topological polar surface area (TPSA) is 131 Å². The maximum absolute atomic E-state index is 13.5. The molecule has 37 heavy (non-hydrogen) atoms. The van der Waals surface area contributed by atoms with E-state index in [0.717, 1.165) is 47.4 Å². The highest BCUT2D eigenvalue weighted by atomic mass is 32.2. The third kappa shape index (κ3) is 5.97. The molecule has 0 spiro atoms. The molecular formula is C25H22FN5O4S2. The minimum atomic E-state index is -4.15. The second kappa shape index (κ2) is 10.3. The number of aromatic nitrogens is 3. The minimum absolute atomic E-state index is 0.0821. The van der Waals surface area contributed by atoms with Gasteiger partial charge in [-0.25, -0.2) is 27.8 Å². The molecule has 0 radical (unpaired) electrons. The summed E-state index contributed by atoms with van der Waals surface area (Å²) in [5.74, 6) is -2.22. The summed E-state index contributed by atoms with van der Waals surface area (Å²) in [7, 11) is -4.15. The van der Waals surface area contributed by atoms with Crippen molar-refractivity contribution < 1.29 is 22.4 Å². The minimum Gasteiger partial charge on any atom is -0.352 e. The number of amides is 2. The average Bonchev–Trinajstić information content (AvgIpc) is 3.60. The summed E-state index contributed by atoms with van der Waals surface area (Å²) >= 11 is 1.08. The third-order valence-electron chi connectivity index (χ3n) is 5.77. The van der Waals surface area contributed by atoms with Gasteiger partial charge in [0.05, 0.1) is 22.5 Å². The number of carbonyl (C=O) groups is 2. The van der Waals surface area contributed by atoms with Crippen LogP contribution in [0.25, 0.3) is 21.3 Å². The van der Waals surface area contributed by atoms with Gasteiger partial charge < -0.3 is 10.6 Å². The van der Waals surface area contributed by atoms with Crippen molar-refractivity contribution in [3.8, 4) is 11.1 Å². The van der Waals surface area contributed by atoms with Crippen LogP contribution in [-0.4, -0.2) is 47.8 Å². The molecule has 4 aromatic rings. The quantitative estimate of drug-likeness (QED) is 0.334. The Labute approximate surface area is 216 Å². The Morgan fingerprint density at radius 1 is 1.05 bits per heavy atom. The maximum atomic E-state index is 13.5. The number of thiazole rings is 1. The van der Waals surface area contributed by atoms with E-state index in [1.807, 2.05) is 12.1 Å². The Hall–Kier alpha value is -3.77.